The van der Waals surface area contributed by atoms with Crippen molar-refractivity contribution in [1.82, 2.24) is 5.32 Å². The van der Waals surface area contributed by atoms with Gasteiger partial charge in [0.25, 0.3) is 0 Å². The summed E-state index contributed by atoms with van der Waals surface area (Å²) in [6.07, 6.45) is 80.7. The molecule has 0 aliphatic carbocycles. The zero-order chi connectivity index (χ0) is 53.6. The molecule has 1 amide bonds. The van der Waals surface area contributed by atoms with E-state index in [1.165, 1.54) is 289 Å². The molecule has 0 saturated carbocycles. The van der Waals surface area contributed by atoms with Crippen molar-refractivity contribution in [2.45, 2.75) is 373 Å². The number of ether oxygens (including phenoxy) is 1. The van der Waals surface area contributed by atoms with Crippen LogP contribution in [-0.4, -0.2) is 47.4 Å². The first-order chi connectivity index (χ1) is 36.5. The number of nitrogens with one attached hydrogen (secondary N) is 1. The maximum Gasteiger partial charge on any atom is 0.305 e. The van der Waals surface area contributed by atoms with E-state index >= 15 is 0 Å². The van der Waals surface area contributed by atoms with Crippen molar-refractivity contribution in [3.63, 3.8) is 0 Å². The molecule has 0 aromatic carbocycles. The highest BCUT2D eigenvalue weighted by Gasteiger charge is 2.18. The van der Waals surface area contributed by atoms with E-state index in [2.05, 4.69) is 43.5 Å². The Balaban J connectivity index is 3.38. The molecule has 6 nitrogen and oxygen atoms in total. The van der Waals surface area contributed by atoms with Gasteiger partial charge in [0.2, 0.25) is 5.91 Å². The number of hydrogen-bond acceptors (Lipinski definition) is 5. The first-order valence-corrected chi connectivity index (χ1v) is 33.3. The van der Waals surface area contributed by atoms with Gasteiger partial charge in [-0.2, -0.15) is 0 Å². The molecule has 0 saturated heterocycles. The van der Waals surface area contributed by atoms with Crippen LogP contribution >= 0.6 is 0 Å². The number of unbranched alkanes of at least 4 members (excludes halogenated alkanes) is 47. The molecular formula is C68H129NO5. The molecular weight excluding hydrogens is 911 g/mol. The predicted octanol–water partition coefficient (Wildman–Crippen LogP) is 21.1. The van der Waals surface area contributed by atoms with Crippen LogP contribution in [0.2, 0.25) is 0 Å². The van der Waals surface area contributed by atoms with Crippen LogP contribution in [0.15, 0.2) is 36.5 Å². The van der Waals surface area contributed by atoms with Crippen molar-refractivity contribution in [2.24, 2.45) is 0 Å². The van der Waals surface area contributed by atoms with E-state index in [0.29, 0.717) is 19.4 Å². The Morgan fingerprint density at radius 1 is 0.365 bits per heavy atom. The minimum atomic E-state index is -0.843. The van der Waals surface area contributed by atoms with Gasteiger partial charge in [0, 0.05) is 12.8 Å². The zero-order valence-electron chi connectivity index (χ0n) is 49.8. The Hall–Kier alpha value is -1.92. The predicted molar refractivity (Wildman–Crippen MR) is 324 cm³/mol. The van der Waals surface area contributed by atoms with Gasteiger partial charge in [-0.1, -0.05) is 307 Å². The van der Waals surface area contributed by atoms with E-state index in [0.717, 1.165) is 44.9 Å². The Bertz CT molecular complexity index is 1200. The number of hydrogen-bond donors (Lipinski definition) is 3. The summed E-state index contributed by atoms with van der Waals surface area (Å²) in [5.74, 6) is -0.0579. The molecule has 0 radical (unpaired) electrons. The van der Waals surface area contributed by atoms with Crippen molar-refractivity contribution in [1.29, 1.82) is 0 Å². The standard InChI is InChI=1S/C68H129NO5/c1-3-5-7-9-11-13-15-16-34-37-41-44-48-52-56-60-66(71)65(64-70)69-67(72)61-57-53-49-45-42-38-35-32-30-28-26-24-22-20-18-17-19-21-23-25-27-29-31-33-36-39-43-47-51-55-59-63-74-68(73)62-58-54-50-46-40-14-12-10-8-6-4-2/h10,12,19,21,56,60,65-66,70-71H,3-9,11,13-18,20,22-55,57-59,61-64H2,1-2H3,(H,69,72)/b12-10-,21-19-,60-56+. The summed E-state index contributed by atoms with van der Waals surface area (Å²) in [7, 11) is 0. The van der Waals surface area contributed by atoms with E-state index < -0.39 is 12.1 Å². The Labute approximate surface area is 462 Å². The van der Waals surface area contributed by atoms with Gasteiger partial charge in [-0.15, -0.1) is 0 Å². The third kappa shape index (κ3) is 59.3. The summed E-state index contributed by atoms with van der Waals surface area (Å²) in [5, 5.41) is 23.1. The Kier molecular flexibility index (Phi) is 62.0. The Morgan fingerprint density at radius 2 is 0.649 bits per heavy atom. The van der Waals surface area contributed by atoms with E-state index in [9.17, 15) is 19.8 Å². The molecule has 0 fully saturated rings. The normalized spacial score (nSPS) is 12.8. The van der Waals surface area contributed by atoms with Crippen molar-refractivity contribution in [3.8, 4) is 0 Å². The topological polar surface area (TPSA) is 95.9 Å². The molecule has 0 spiro atoms. The monoisotopic (exact) mass is 1040 g/mol. The minimum Gasteiger partial charge on any atom is -0.466 e. The molecule has 6 heteroatoms. The summed E-state index contributed by atoms with van der Waals surface area (Å²) in [4.78, 5) is 24.5. The fraction of sp³-hybridized carbons (Fsp3) is 0.882. The second-order valence-electron chi connectivity index (χ2n) is 22.8. The van der Waals surface area contributed by atoms with E-state index in [1.54, 1.807) is 6.08 Å². The summed E-state index contributed by atoms with van der Waals surface area (Å²) >= 11 is 0. The Morgan fingerprint density at radius 3 is 1.00 bits per heavy atom. The van der Waals surface area contributed by atoms with Crippen LogP contribution in [0.4, 0.5) is 0 Å². The average Bonchev–Trinajstić information content (AvgIpc) is 3.40. The van der Waals surface area contributed by atoms with Gasteiger partial charge in [-0.3, -0.25) is 9.59 Å². The number of carbonyl (C=O) groups excluding carboxylic acids is 2. The van der Waals surface area contributed by atoms with Gasteiger partial charge < -0.3 is 20.3 Å². The number of allylic oxidation sites excluding steroid dienone is 5. The van der Waals surface area contributed by atoms with Crippen LogP contribution in [0, 0.1) is 0 Å². The lowest BCUT2D eigenvalue weighted by Gasteiger charge is -2.20. The number of esters is 1. The molecule has 0 rings (SSSR count). The van der Waals surface area contributed by atoms with Crippen LogP contribution in [0.25, 0.3) is 0 Å². The molecule has 0 aliphatic rings. The molecule has 436 valence electrons. The number of aliphatic hydroxyl groups excluding tert-OH is 2. The maximum absolute atomic E-state index is 12.5. The van der Waals surface area contributed by atoms with Crippen molar-refractivity contribution >= 4 is 11.9 Å². The number of amides is 1. The second kappa shape index (κ2) is 63.6. The van der Waals surface area contributed by atoms with Crippen LogP contribution < -0.4 is 5.32 Å². The van der Waals surface area contributed by atoms with E-state index in [4.69, 9.17) is 4.74 Å². The largest absolute Gasteiger partial charge is 0.466 e. The molecule has 74 heavy (non-hydrogen) atoms. The van der Waals surface area contributed by atoms with Gasteiger partial charge in [0.1, 0.15) is 0 Å². The van der Waals surface area contributed by atoms with Gasteiger partial charge in [0.15, 0.2) is 0 Å². The molecule has 0 aromatic rings. The number of carbonyl (C=O) groups is 2. The summed E-state index contributed by atoms with van der Waals surface area (Å²) < 4.78 is 5.46. The molecule has 0 aromatic heterocycles. The van der Waals surface area contributed by atoms with Crippen LogP contribution in [0.1, 0.15) is 361 Å². The highest BCUT2D eigenvalue weighted by Crippen LogP contribution is 2.18. The van der Waals surface area contributed by atoms with Crippen LogP contribution in [0.5, 0.6) is 0 Å². The quantitative estimate of drug-likeness (QED) is 0.0320. The lowest BCUT2D eigenvalue weighted by atomic mass is 10.0. The summed E-state index contributed by atoms with van der Waals surface area (Å²) in [6.45, 7) is 4.88. The maximum atomic E-state index is 12.5. The van der Waals surface area contributed by atoms with E-state index in [-0.39, 0.29) is 18.5 Å². The second-order valence-corrected chi connectivity index (χ2v) is 22.8. The lowest BCUT2D eigenvalue weighted by Crippen LogP contribution is -2.45. The van der Waals surface area contributed by atoms with Crippen molar-refractivity contribution < 1.29 is 24.5 Å². The zero-order valence-corrected chi connectivity index (χ0v) is 49.8. The third-order valence-electron chi connectivity index (χ3n) is 15.4. The van der Waals surface area contributed by atoms with Crippen molar-refractivity contribution in [3.05, 3.63) is 36.5 Å². The smallest absolute Gasteiger partial charge is 0.305 e. The molecule has 0 bridgehead atoms. The average molecular weight is 1040 g/mol. The molecule has 2 atom stereocenters. The molecule has 0 heterocycles. The van der Waals surface area contributed by atoms with Gasteiger partial charge in [0.05, 0.1) is 25.4 Å². The first-order valence-electron chi connectivity index (χ1n) is 33.3. The van der Waals surface area contributed by atoms with E-state index in [1.807, 2.05) is 6.08 Å². The van der Waals surface area contributed by atoms with Crippen LogP contribution in [0.3, 0.4) is 0 Å². The molecule has 0 aliphatic heterocycles. The van der Waals surface area contributed by atoms with Gasteiger partial charge in [-0.05, 0) is 77.0 Å². The molecule has 3 N–H and O–H groups in total. The number of aliphatic hydroxyl groups is 2. The third-order valence-corrected chi connectivity index (χ3v) is 15.4. The lowest BCUT2D eigenvalue weighted by molar-refractivity contribution is -0.143. The summed E-state index contributed by atoms with van der Waals surface area (Å²) in [6, 6.07) is -0.626. The van der Waals surface area contributed by atoms with Crippen molar-refractivity contribution in [2.75, 3.05) is 13.2 Å². The fourth-order valence-electron chi connectivity index (χ4n) is 10.3. The number of rotatable bonds is 62. The highest BCUT2D eigenvalue weighted by atomic mass is 16.5. The van der Waals surface area contributed by atoms with Gasteiger partial charge >= 0.3 is 5.97 Å². The fourth-order valence-corrected chi connectivity index (χ4v) is 10.3. The highest BCUT2D eigenvalue weighted by molar-refractivity contribution is 5.76. The minimum absolute atomic E-state index is 0.00627. The van der Waals surface area contributed by atoms with Crippen LogP contribution in [-0.2, 0) is 14.3 Å². The summed E-state index contributed by atoms with van der Waals surface area (Å²) in [5.41, 5.74) is 0. The van der Waals surface area contributed by atoms with Gasteiger partial charge in [-0.25, -0.2) is 0 Å². The SMILES string of the molecule is CCCC/C=C\CCCCCCCC(=O)OCCCCCCCCCCCCCC/C=C\CCCCCCCCCCCCCCCCCC(=O)NC(CO)C(O)/C=C/CCCCCCCCCCCCCCC. The first kappa shape index (κ1) is 72.1. The molecule has 2 unspecified atom stereocenters.